The molecule has 1 aromatic carbocycles. The Labute approximate surface area is 137 Å². The van der Waals surface area contributed by atoms with E-state index in [4.69, 9.17) is 5.14 Å². The number of primary sulfonamides is 1. The van der Waals surface area contributed by atoms with E-state index in [0.29, 0.717) is 11.5 Å². The summed E-state index contributed by atoms with van der Waals surface area (Å²) >= 11 is 0. The van der Waals surface area contributed by atoms with Crippen LogP contribution in [0, 0.1) is 0 Å². The fourth-order valence-electron chi connectivity index (χ4n) is 1.80. The van der Waals surface area contributed by atoms with E-state index >= 15 is 0 Å². The minimum Gasteiger partial charge on any atom is -0.261 e. The standard InChI is InChI=1S/C14H13N7O2S/c15-24(22,23)13-6-7-14(16-10-13)19-17-8-11-9-18-21(20-11)12-4-2-1-3-5-12/h1-10H,(H,16,19)(H2,15,22,23)/b17-8+. The third-order valence-electron chi connectivity index (χ3n) is 2.94. The Morgan fingerprint density at radius 3 is 2.58 bits per heavy atom. The van der Waals surface area contributed by atoms with Gasteiger partial charge in [-0.15, -0.1) is 5.10 Å². The summed E-state index contributed by atoms with van der Waals surface area (Å²) in [6.45, 7) is 0. The molecule has 0 atom stereocenters. The first kappa shape index (κ1) is 15.8. The largest absolute Gasteiger partial charge is 0.261 e. The summed E-state index contributed by atoms with van der Waals surface area (Å²) in [5.41, 5.74) is 4.05. The molecule has 0 bridgehead atoms. The van der Waals surface area contributed by atoms with E-state index in [1.807, 2.05) is 30.3 Å². The molecule has 0 fully saturated rings. The number of nitrogens with two attached hydrogens (primary N) is 1. The Bertz CT molecular complexity index is 950. The molecule has 0 unspecified atom stereocenters. The smallest absolute Gasteiger partial charge is 0.239 e. The van der Waals surface area contributed by atoms with Crippen LogP contribution in [0.5, 0.6) is 0 Å². The van der Waals surface area contributed by atoms with Crippen molar-refractivity contribution in [1.29, 1.82) is 0 Å². The van der Waals surface area contributed by atoms with E-state index in [9.17, 15) is 8.42 Å². The van der Waals surface area contributed by atoms with Gasteiger partial charge in [-0.3, -0.25) is 5.43 Å². The predicted octanol–water partition coefficient (Wildman–Crippen LogP) is 0.756. The van der Waals surface area contributed by atoms with E-state index in [0.717, 1.165) is 11.9 Å². The Morgan fingerprint density at radius 2 is 1.92 bits per heavy atom. The van der Waals surface area contributed by atoms with Crippen molar-refractivity contribution in [2.75, 3.05) is 5.43 Å². The number of aromatic nitrogens is 4. The lowest BCUT2D eigenvalue weighted by Crippen LogP contribution is -2.12. The maximum absolute atomic E-state index is 11.1. The van der Waals surface area contributed by atoms with Gasteiger partial charge >= 0.3 is 0 Å². The van der Waals surface area contributed by atoms with Gasteiger partial charge in [0.15, 0.2) is 0 Å². The van der Waals surface area contributed by atoms with Crippen LogP contribution in [0.4, 0.5) is 5.82 Å². The summed E-state index contributed by atoms with van der Waals surface area (Å²) in [7, 11) is -3.76. The predicted molar refractivity (Wildman–Crippen MR) is 88.2 cm³/mol. The van der Waals surface area contributed by atoms with Crippen LogP contribution in [0.1, 0.15) is 5.69 Å². The average molecular weight is 343 g/mol. The van der Waals surface area contributed by atoms with Gasteiger partial charge in [-0.1, -0.05) is 18.2 Å². The molecule has 122 valence electrons. The van der Waals surface area contributed by atoms with Crippen molar-refractivity contribution < 1.29 is 8.42 Å². The van der Waals surface area contributed by atoms with Gasteiger partial charge in [0, 0.05) is 6.20 Å². The molecule has 24 heavy (non-hydrogen) atoms. The molecule has 2 heterocycles. The topological polar surface area (TPSA) is 128 Å². The summed E-state index contributed by atoms with van der Waals surface area (Å²) in [5, 5.41) is 17.4. The second-order valence-electron chi connectivity index (χ2n) is 4.69. The Morgan fingerprint density at radius 1 is 1.12 bits per heavy atom. The van der Waals surface area contributed by atoms with Crippen LogP contribution >= 0.6 is 0 Å². The Kier molecular flexibility index (Phi) is 4.31. The Balaban J connectivity index is 1.66. The number of nitrogens with one attached hydrogen (secondary N) is 1. The number of hydrogen-bond acceptors (Lipinski definition) is 7. The first-order valence-corrected chi connectivity index (χ1v) is 8.33. The summed E-state index contributed by atoms with van der Waals surface area (Å²) in [6.07, 6.45) is 4.19. The molecule has 0 aliphatic heterocycles. The molecule has 3 aromatic rings. The number of rotatable bonds is 5. The molecule has 0 saturated heterocycles. The van der Waals surface area contributed by atoms with Crippen molar-refractivity contribution in [2.45, 2.75) is 4.90 Å². The fraction of sp³-hybridized carbons (Fsp3) is 0. The normalized spacial score (nSPS) is 11.7. The van der Waals surface area contributed by atoms with Gasteiger partial charge < -0.3 is 0 Å². The molecule has 0 aliphatic rings. The molecule has 2 aromatic heterocycles. The number of benzene rings is 1. The van der Waals surface area contributed by atoms with E-state index in [1.54, 1.807) is 6.20 Å². The van der Waals surface area contributed by atoms with Crippen LogP contribution in [0.25, 0.3) is 5.69 Å². The SMILES string of the molecule is NS(=O)(=O)c1ccc(N/N=C/c2cnn(-c3ccccc3)n2)nc1. The summed E-state index contributed by atoms with van der Waals surface area (Å²) in [6, 6.07) is 12.3. The van der Waals surface area contributed by atoms with Crippen molar-refractivity contribution in [1.82, 2.24) is 20.0 Å². The molecule has 3 N–H and O–H groups in total. The quantitative estimate of drug-likeness (QED) is 0.520. The first-order chi connectivity index (χ1) is 11.5. The molecule has 0 saturated carbocycles. The van der Waals surface area contributed by atoms with E-state index < -0.39 is 10.0 Å². The summed E-state index contributed by atoms with van der Waals surface area (Å²) in [4.78, 5) is 5.32. The Hall–Kier alpha value is -3.11. The van der Waals surface area contributed by atoms with Gasteiger partial charge in [-0.05, 0) is 24.3 Å². The highest BCUT2D eigenvalue weighted by atomic mass is 32.2. The second kappa shape index (κ2) is 6.56. The van der Waals surface area contributed by atoms with Crippen LogP contribution in [-0.2, 0) is 10.0 Å². The molecule has 0 aliphatic carbocycles. The highest BCUT2D eigenvalue weighted by Crippen LogP contribution is 2.08. The number of nitrogens with zero attached hydrogens (tertiary/aromatic N) is 5. The van der Waals surface area contributed by atoms with Gasteiger partial charge in [0.1, 0.15) is 16.4 Å². The van der Waals surface area contributed by atoms with Crippen molar-refractivity contribution in [3.63, 3.8) is 0 Å². The highest BCUT2D eigenvalue weighted by molar-refractivity contribution is 7.89. The lowest BCUT2D eigenvalue weighted by molar-refractivity contribution is 0.597. The van der Waals surface area contributed by atoms with Crippen molar-refractivity contribution >= 4 is 22.1 Å². The fourth-order valence-corrected chi connectivity index (χ4v) is 2.26. The average Bonchev–Trinajstić information content (AvgIpc) is 3.04. The second-order valence-corrected chi connectivity index (χ2v) is 6.25. The molecule has 10 heteroatoms. The van der Waals surface area contributed by atoms with E-state index in [-0.39, 0.29) is 4.90 Å². The molecule has 3 rings (SSSR count). The van der Waals surface area contributed by atoms with Gasteiger partial charge in [0.25, 0.3) is 0 Å². The highest BCUT2D eigenvalue weighted by Gasteiger charge is 2.07. The lowest BCUT2D eigenvalue weighted by Gasteiger charge is -2.00. The van der Waals surface area contributed by atoms with Crippen molar-refractivity contribution in [3.05, 3.63) is 60.6 Å². The van der Waals surface area contributed by atoms with E-state index in [2.05, 4.69) is 25.7 Å². The number of para-hydroxylation sites is 1. The monoisotopic (exact) mass is 343 g/mol. The van der Waals surface area contributed by atoms with Crippen LogP contribution in [0.2, 0.25) is 0 Å². The first-order valence-electron chi connectivity index (χ1n) is 6.78. The number of pyridine rings is 1. The zero-order chi connectivity index (χ0) is 17.0. The minimum absolute atomic E-state index is 0.0668. The molecule has 0 radical (unpaired) electrons. The zero-order valence-electron chi connectivity index (χ0n) is 12.3. The maximum atomic E-state index is 11.1. The van der Waals surface area contributed by atoms with E-state index in [1.165, 1.54) is 23.1 Å². The lowest BCUT2D eigenvalue weighted by atomic mass is 10.3. The zero-order valence-corrected chi connectivity index (χ0v) is 13.1. The molecule has 0 spiro atoms. The van der Waals surface area contributed by atoms with Crippen LogP contribution in [0.15, 0.2) is 64.9 Å². The molecular formula is C14H13N7O2S. The molecular weight excluding hydrogens is 330 g/mol. The summed E-state index contributed by atoms with van der Waals surface area (Å²) < 4.78 is 22.3. The number of sulfonamides is 1. The van der Waals surface area contributed by atoms with Gasteiger partial charge in [0.05, 0.1) is 18.1 Å². The molecule has 0 amide bonds. The van der Waals surface area contributed by atoms with Crippen LogP contribution in [-0.4, -0.2) is 34.6 Å². The van der Waals surface area contributed by atoms with Gasteiger partial charge in [-0.2, -0.15) is 15.0 Å². The third-order valence-corrected chi connectivity index (χ3v) is 3.84. The number of hydrogen-bond donors (Lipinski definition) is 2. The number of hydrazone groups is 1. The maximum Gasteiger partial charge on any atom is 0.239 e. The van der Waals surface area contributed by atoms with Crippen molar-refractivity contribution in [2.24, 2.45) is 10.2 Å². The molecule has 9 nitrogen and oxygen atoms in total. The van der Waals surface area contributed by atoms with Crippen molar-refractivity contribution in [3.8, 4) is 5.69 Å². The number of anilines is 1. The summed E-state index contributed by atoms with van der Waals surface area (Å²) in [5.74, 6) is 0.370. The van der Waals surface area contributed by atoms with Gasteiger partial charge in [-0.25, -0.2) is 18.5 Å². The minimum atomic E-state index is -3.76. The van der Waals surface area contributed by atoms with Gasteiger partial charge in [0.2, 0.25) is 10.0 Å². The van der Waals surface area contributed by atoms with Crippen LogP contribution in [0.3, 0.4) is 0 Å². The van der Waals surface area contributed by atoms with Crippen LogP contribution < -0.4 is 10.6 Å². The third kappa shape index (κ3) is 3.80.